The van der Waals surface area contributed by atoms with E-state index in [0.717, 1.165) is 38.7 Å². The Bertz CT molecular complexity index is 992. The van der Waals surface area contributed by atoms with Crippen LogP contribution in [0.15, 0.2) is 51.9 Å². The lowest BCUT2D eigenvalue weighted by Crippen LogP contribution is -2.16. The molecule has 0 fully saturated rings. The van der Waals surface area contributed by atoms with Crippen LogP contribution in [0.2, 0.25) is 0 Å². The summed E-state index contributed by atoms with van der Waals surface area (Å²) in [5.74, 6) is 2.11. The SMILES string of the molecule is Cc1noc(C)c1CSc1ccccc1C(=O)Nc1c(C(C)C)cccc1C(C)C. The van der Waals surface area contributed by atoms with Crippen LogP contribution >= 0.6 is 11.8 Å². The summed E-state index contributed by atoms with van der Waals surface area (Å²) in [5, 5.41) is 7.26. The highest BCUT2D eigenvalue weighted by molar-refractivity contribution is 7.98. The van der Waals surface area contributed by atoms with E-state index in [1.165, 1.54) is 0 Å². The monoisotopic (exact) mass is 422 g/mol. The smallest absolute Gasteiger partial charge is 0.256 e. The fraction of sp³-hybridized carbons (Fsp3) is 0.360. The molecule has 1 amide bonds. The molecule has 0 aliphatic carbocycles. The number of amides is 1. The van der Waals surface area contributed by atoms with E-state index >= 15 is 0 Å². The zero-order valence-corrected chi connectivity index (χ0v) is 19.4. The van der Waals surface area contributed by atoms with Crippen molar-refractivity contribution in [3.63, 3.8) is 0 Å². The van der Waals surface area contributed by atoms with E-state index < -0.39 is 0 Å². The number of hydrogen-bond acceptors (Lipinski definition) is 4. The maximum absolute atomic E-state index is 13.3. The number of carbonyl (C=O) groups excluding carboxylic acids is 1. The fourth-order valence-corrected chi connectivity index (χ4v) is 4.72. The number of benzene rings is 2. The Kier molecular flexibility index (Phi) is 7.03. The number of aromatic nitrogens is 1. The van der Waals surface area contributed by atoms with Crippen molar-refractivity contribution >= 4 is 23.4 Å². The Balaban J connectivity index is 1.89. The van der Waals surface area contributed by atoms with E-state index in [1.54, 1.807) is 11.8 Å². The second-order valence-electron chi connectivity index (χ2n) is 8.16. The lowest BCUT2D eigenvalue weighted by atomic mass is 9.92. The molecule has 4 nitrogen and oxygen atoms in total. The molecule has 30 heavy (non-hydrogen) atoms. The number of anilines is 1. The van der Waals surface area contributed by atoms with Crippen molar-refractivity contribution in [3.05, 3.63) is 76.2 Å². The minimum Gasteiger partial charge on any atom is -0.361 e. The minimum absolute atomic E-state index is 0.0770. The average Bonchev–Trinajstić information content (AvgIpc) is 3.03. The Hall–Kier alpha value is -2.53. The number of nitrogens with one attached hydrogen (secondary N) is 1. The highest BCUT2D eigenvalue weighted by Crippen LogP contribution is 2.34. The molecule has 1 N–H and O–H groups in total. The van der Waals surface area contributed by atoms with Gasteiger partial charge in [0, 0.05) is 21.9 Å². The second-order valence-corrected chi connectivity index (χ2v) is 9.18. The predicted molar refractivity (Wildman–Crippen MR) is 125 cm³/mol. The van der Waals surface area contributed by atoms with Gasteiger partial charge in [0.25, 0.3) is 5.91 Å². The van der Waals surface area contributed by atoms with Gasteiger partial charge in [0.1, 0.15) is 5.76 Å². The van der Waals surface area contributed by atoms with Crippen LogP contribution in [0.4, 0.5) is 5.69 Å². The van der Waals surface area contributed by atoms with Crippen LogP contribution in [0.25, 0.3) is 0 Å². The molecule has 0 radical (unpaired) electrons. The van der Waals surface area contributed by atoms with Crippen molar-refractivity contribution in [1.29, 1.82) is 0 Å². The Morgan fingerprint density at radius 1 is 1.00 bits per heavy atom. The highest BCUT2D eigenvalue weighted by Gasteiger charge is 2.19. The summed E-state index contributed by atoms with van der Waals surface area (Å²) in [6, 6.07) is 14.0. The van der Waals surface area contributed by atoms with E-state index in [1.807, 2.05) is 38.1 Å². The molecule has 3 rings (SSSR count). The Morgan fingerprint density at radius 3 is 2.20 bits per heavy atom. The Labute approximate surface area is 183 Å². The van der Waals surface area contributed by atoms with Crippen LogP contribution in [0, 0.1) is 13.8 Å². The first-order valence-electron chi connectivity index (χ1n) is 10.4. The topological polar surface area (TPSA) is 55.1 Å². The number of aryl methyl sites for hydroxylation is 2. The summed E-state index contributed by atoms with van der Waals surface area (Å²) in [7, 11) is 0. The van der Waals surface area contributed by atoms with Crippen molar-refractivity contribution in [2.75, 3.05) is 5.32 Å². The number of para-hydroxylation sites is 1. The third-order valence-corrected chi connectivity index (χ3v) is 6.40. The maximum atomic E-state index is 13.3. The fourth-order valence-electron chi connectivity index (χ4n) is 3.51. The summed E-state index contributed by atoms with van der Waals surface area (Å²) < 4.78 is 5.27. The quantitative estimate of drug-likeness (QED) is 0.413. The van der Waals surface area contributed by atoms with Gasteiger partial charge in [0.2, 0.25) is 0 Å². The summed E-state index contributed by atoms with van der Waals surface area (Å²) in [6.45, 7) is 12.5. The van der Waals surface area contributed by atoms with Crippen LogP contribution in [0.5, 0.6) is 0 Å². The number of nitrogens with zero attached hydrogens (tertiary/aromatic N) is 1. The van der Waals surface area contributed by atoms with Gasteiger partial charge in [0.15, 0.2) is 0 Å². The van der Waals surface area contributed by atoms with Crippen LogP contribution in [-0.2, 0) is 5.75 Å². The molecule has 2 aromatic carbocycles. The van der Waals surface area contributed by atoms with Gasteiger partial charge in [-0.05, 0) is 48.9 Å². The van der Waals surface area contributed by atoms with Crippen LogP contribution in [0.1, 0.15) is 78.0 Å². The van der Waals surface area contributed by atoms with Gasteiger partial charge < -0.3 is 9.84 Å². The van der Waals surface area contributed by atoms with Gasteiger partial charge >= 0.3 is 0 Å². The van der Waals surface area contributed by atoms with Gasteiger partial charge in [-0.15, -0.1) is 11.8 Å². The number of hydrogen-bond donors (Lipinski definition) is 1. The molecule has 0 unspecified atom stereocenters. The summed E-state index contributed by atoms with van der Waals surface area (Å²) >= 11 is 1.63. The molecular weight excluding hydrogens is 392 g/mol. The van der Waals surface area contributed by atoms with E-state index in [9.17, 15) is 4.79 Å². The molecule has 3 aromatic rings. The first-order chi connectivity index (χ1) is 14.3. The summed E-state index contributed by atoms with van der Waals surface area (Å²) in [6.07, 6.45) is 0. The number of carbonyl (C=O) groups is 1. The molecule has 5 heteroatoms. The predicted octanol–water partition coefficient (Wildman–Crippen LogP) is 7.08. The first-order valence-corrected chi connectivity index (χ1v) is 11.4. The van der Waals surface area contributed by atoms with E-state index in [2.05, 4.69) is 56.4 Å². The lowest BCUT2D eigenvalue weighted by molar-refractivity contribution is 0.102. The van der Waals surface area contributed by atoms with Crippen molar-refractivity contribution in [2.45, 2.75) is 64.0 Å². The van der Waals surface area contributed by atoms with Gasteiger partial charge in [-0.1, -0.05) is 63.2 Å². The maximum Gasteiger partial charge on any atom is 0.256 e. The zero-order valence-electron chi connectivity index (χ0n) is 18.6. The van der Waals surface area contributed by atoms with Crippen molar-refractivity contribution in [3.8, 4) is 0 Å². The Morgan fingerprint density at radius 2 is 1.63 bits per heavy atom. The minimum atomic E-state index is -0.0770. The standard InChI is InChI=1S/C25H30N2O2S/c1-15(2)19-11-9-12-20(16(3)4)24(19)26-25(28)21-10-7-8-13-23(21)30-14-22-17(5)27-29-18(22)6/h7-13,15-16H,14H2,1-6H3,(H,26,28). The number of thioether (sulfide) groups is 1. The summed E-state index contributed by atoms with van der Waals surface area (Å²) in [5.41, 5.74) is 5.93. The van der Waals surface area contributed by atoms with Crippen LogP contribution < -0.4 is 5.32 Å². The molecule has 0 saturated heterocycles. The second kappa shape index (κ2) is 9.52. The largest absolute Gasteiger partial charge is 0.361 e. The van der Waals surface area contributed by atoms with E-state index in [4.69, 9.17) is 4.52 Å². The van der Waals surface area contributed by atoms with Crippen LogP contribution in [-0.4, -0.2) is 11.1 Å². The molecule has 0 atom stereocenters. The first kappa shape index (κ1) is 22.2. The third-order valence-electron chi connectivity index (χ3n) is 5.30. The molecule has 0 bridgehead atoms. The molecular formula is C25H30N2O2S. The van der Waals surface area contributed by atoms with E-state index in [0.29, 0.717) is 23.2 Å². The molecule has 0 spiro atoms. The summed E-state index contributed by atoms with van der Waals surface area (Å²) in [4.78, 5) is 14.3. The van der Waals surface area contributed by atoms with Gasteiger partial charge in [-0.3, -0.25) is 4.79 Å². The average molecular weight is 423 g/mol. The third kappa shape index (κ3) is 4.78. The van der Waals surface area contributed by atoms with Crippen molar-refractivity contribution in [1.82, 2.24) is 5.16 Å². The van der Waals surface area contributed by atoms with Crippen molar-refractivity contribution in [2.24, 2.45) is 0 Å². The number of rotatable bonds is 7. The molecule has 0 saturated carbocycles. The molecule has 1 heterocycles. The van der Waals surface area contributed by atoms with Gasteiger partial charge in [-0.25, -0.2) is 0 Å². The van der Waals surface area contributed by atoms with Crippen LogP contribution in [0.3, 0.4) is 0 Å². The molecule has 158 valence electrons. The van der Waals surface area contributed by atoms with Gasteiger partial charge in [-0.2, -0.15) is 0 Å². The van der Waals surface area contributed by atoms with Crippen molar-refractivity contribution < 1.29 is 9.32 Å². The highest BCUT2D eigenvalue weighted by atomic mass is 32.2. The van der Waals surface area contributed by atoms with E-state index in [-0.39, 0.29) is 5.91 Å². The zero-order chi connectivity index (χ0) is 21.8. The molecule has 0 aliphatic heterocycles. The van der Waals surface area contributed by atoms with Gasteiger partial charge in [0.05, 0.1) is 11.3 Å². The molecule has 0 aliphatic rings. The normalized spacial score (nSPS) is 11.3. The molecule has 1 aromatic heterocycles. The lowest BCUT2D eigenvalue weighted by Gasteiger charge is -2.20.